The first-order chi connectivity index (χ1) is 14.6. The highest BCUT2D eigenvalue weighted by Gasteiger charge is 2.17. The monoisotopic (exact) mass is 394 g/mol. The molecule has 0 bridgehead atoms. The summed E-state index contributed by atoms with van der Waals surface area (Å²) in [5.74, 6) is 0. The largest absolute Gasteiger partial charge is 0.295 e. The summed E-state index contributed by atoms with van der Waals surface area (Å²) in [4.78, 5) is 7.61. The van der Waals surface area contributed by atoms with Gasteiger partial charge < -0.3 is 0 Å². The lowest BCUT2D eigenvalue weighted by Gasteiger charge is -2.28. The maximum Gasteiger partial charge on any atom is 0.0451 e. The lowest BCUT2D eigenvalue weighted by molar-refractivity contribution is 0.276. The molecule has 152 valence electrons. The summed E-state index contributed by atoms with van der Waals surface area (Å²) in [6.45, 7) is 9.64. The maximum absolute atomic E-state index is 5.09. The molecule has 0 saturated heterocycles. The lowest BCUT2D eigenvalue weighted by Crippen LogP contribution is -2.30. The third-order valence-corrected chi connectivity index (χ3v) is 5.98. The van der Waals surface area contributed by atoms with Crippen molar-refractivity contribution < 1.29 is 0 Å². The van der Waals surface area contributed by atoms with Crippen molar-refractivity contribution >= 4 is 5.71 Å². The Morgan fingerprint density at radius 3 is 2.27 bits per heavy atom. The van der Waals surface area contributed by atoms with E-state index in [1.54, 1.807) is 0 Å². The molecule has 1 aliphatic rings. The van der Waals surface area contributed by atoms with Crippen LogP contribution >= 0.6 is 0 Å². The molecule has 3 aromatic carbocycles. The van der Waals surface area contributed by atoms with E-state index >= 15 is 0 Å². The van der Waals surface area contributed by atoms with Crippen LogP contribution in [-0.2, 0) is 6.54 Å². The summed E-state index contributed by atoms with van der Waals surface area (Å²) >= 11 is 0. The Labute approximate surface area is 180 Å². The van der Waals surface area contributed by atoms with Crippen LogP contribution in [0.1, 0.15) is 37.0 Å². The molecule has 0 saturated carbocycles. The molecule has 30 heavy (non-hydrogen) atoms. The molecule has 2 heteroatoms. The van der Waals surface area contributed by atoms with E-state index in [-0.39, 0.29) is 0 Å². The highest BCUT2D eigenvalue weighted by molar-refractivity contribution is 6.02. The van der Waals surface area contributed by atoms with Crippen LogP contribution in [0, 0.1) is 6.92 Å². The van der Waals surface area contributed by atoms with Crippen LogP contribution in [0.2, 0.25) is 0 Å². The third kappa shape index (κ3) is 4.60. The molecular weight excluding hydrogens is 364 g/mol. The summed E-state index contributed by atoms with van der Waals surface area (Å²) in [6.07, 6.45) is 1.01. The maximum atomic E-state index is 5.09. The SMILES string of the molecule is CC1=C(/N=C(\C)c2cccc(-c3ccccc3)c2C)CCN(Cc2ccccc2)C1. The van der Waals surface area contributed by atoms with Gasteiger partial charge in [-0.3, -0.25) is 9.89 Å². The summed E-state index contributed by atoms with van der Waals surface area (Å²) in [5.41, 5.74) is 10.2. The van der Waals surface area contributed by atoms with E-state index in [2.05, 4.69) is 105 Å². The molecule has 3 aromatic rings. The molecule has 4 rings (SSSR count). The van der Waals surface area contributed by atoms with Crippen LogP contribution in [0.25, 0.3) is 11.1 Å². The second-order valence-electron chi connectivity index (χ2n) is 8.21. The second-order valence-corrected chi connectivity index (χ2v) is 8.21. The van der Waals surface area contributed by atoms with Gasteiger partial charge >= 0.3 is 0 Å². The number of hydrogen-bond donors (Lipinski definition) is 0. The van der Waals surface area contributed by atoms with Crippen molar-refractivity contribution in [1.82, 2.24) is 4.90 Å². The van der Waals surface area contributed by atoms with Gasteiger partial charge in [-0.1, -0.05) is 78.9 Å². The van der Waals surface area contributed by atoms with E-state index in [9.17, 15) is 0 Å². The minimum Gasteiger partial charge on any atom is -0.295 e. The van der Waals surface area contributed by atoms with E-state index < -0.39 is 0 Å². The molecule has 0 spiro atoms. The number of benzene rings is 3. The molecular formula is C28H30N2. The first kappa shape index (κ1) is 20.3. The lowest BCUT2D eigenvalue weighted by atomic mass is 9.94. The zero-order valence-electron chi connectivity index (χ0n) is 18.2. The van der Waals surface area contributed by atoms with Gasteiger partial charge in [-0.2, -0.15) is 0 Å². The number of aliphatic imine (C=N–C) groups is 1. The molecule has 0 unspecified atom stereocenters. The van der Waals surface area contributed by atoms with Gasteiger partial charge in [-0.25, -0.2) is 0 Å². The fourth-order valence-electron chi connectivity index (χ4n) is 4.33. The minimum atomic E-state index is 0.990. The summed E-state index contributed by atoms with van der Waals surface area (Å²) < 4.78 is 0. The molecule has 0 aromatic heterocycles. The molecule has 0 amide bonds. The van der Waals surface area contributed by atoms with Crippen molar-refractivity contribution in [2.24, 2.45) is 4.99 Å². The Bertz CT molecular complexity index is 1060. The van der Waals surface area contributed by atoms with Crippen LogP contribution in [0.5, 0.6) is 0 Å². The number of rotatable bonds is 5. The van der Waals surface area contributed by atoms with E-state index in [1.807, 2.05) is 0 Å². The van der Waals surface area contributed by atoms with Crippen LogP contribution in [0.3, 0.4) is 0 Å². The van der Waals surface area contributed by atoms with Crippen molar-refractivity contribution in [2.75, 3.05) is 13.1 Å². The van der Waals surface area contributed by atoms with Gasteiger partial charge in [0.05, 0.1) is 0 Å². The summed E-state index contributed by atoms with van der Waals surface area (Å²) in [5, 5.41) is 0. The van der Waals surface area contributed by atoms with Crippen LogP contribution in [0.4, 0.5) is 0 Å². The zero-order chi connectivity index (χ0) is 20.9. The average Bonchev–Trinajstić information content (AvgIpc) is 2.77. The van der Waals surface area contributed by atoms with Gasteiger partial charge in [0, 0.05) is 37.5 Å². The molecule has 0 radical (unpaired) electrons. The van der Waals surface area contributed by atoms with Gasteiger partial charge in [0.25, 0.3) is 0 Å². The van der Waals surface area contributed by atoms with Crippen LogP contribution in [0.15, 0.2) is 95.1 Å². The highest BCUT2D eigenvalue weighted by atomic mass is 15.1. The van der Waals surface area contributed by atoms with Gasteiger partial charge in [0.2, 0.25) is 0 Å². The molecule has 1 aliphatic heterocycles. The number of nitrogens with zero attached hydrogens (tertiary/aromatic N) is 2. The van der Waals surface area contributed by atoms with E-state index in [0.29, 0.717) is 0 Å². The number of hydrogen-bond acceptors (Lipinski definition) is 2. The standard InChI is InChI=1S/C28H30N2/c1-21-19-30(20-24-11-6-4-7-12-24)18-17-28(21)29-23(3)26-15-10-16-27(22(26)2)25-13-8-5-9-14-25/h4-16H,17-20H2,1-3H3/b29-23+. The first-order valence-electron chi connectivity index (χ1n) is 10.8. The Morgan fingerprint density at radius 2 is 1.57 bits per heavy atom. The van der Waals surface area contributed by atoms with Gasteiger partial charge in [0.15, 0.2) is 0 Å². The Balaban J connectivity index is 1.54. The molecule has 1 heterocycles. The summed E-state index contributed by atoms with van der Waals surface area (Å²) in [6, 6.07) is 27.9. The van der Waals surface area contributed by atoms with Crippen molar-refractivity contribution in [1.29, 1.82) is 0 Å². The predicted molar refractivity (Wildman–Crippen MR) is 128 cm³/mol. The zero-order valence-corrected chi connectivity index (χ0v) is 18.2. The fraction of sp³-hybridized carbons (Fsp3) is 0.250. The smallest absolute Gasteiger partial charge is 0.0451 e. The van der Waals surface area contributed by atoms with Crippen molar-refractivity contribution in [2.45, 2.75) is 33.7 Å². The first-order valence-corrected chi connectivity index (χ1v) is 10.8. The normalized spacial score (nSPS) is 15.5. The van der Waals surface area contributed by atoms with Gasteiger partial charge in [0.1, 0.15) is 0 Å². The molecule has 2 nitrogen and oxygen atoms in total. The van der Waals surface area contributed by atoms with E-state index in [1.165, 1.54) is 39.1 Å². The topological polar surface area (TPSA) is 15.6 Å². The highest BCUT2D eigenvalue weighted by Crippen LogP contribution is 2.27. The van der Waals surface area contributed by atoms with Crippen molar-refractivity contribution in [3.63, 3.8) is 0 Å². The molecule has 0 aliphatic carbocycles. The predicted octanol–water partition coefficient (Wildman–Crippen LogP) is 6.65. The third-order valence-electron chi connectivity index (χ3n) is 5.98. The summed E-state index contributed by atoms with van der Waals surface area (Å²) in [7, 11) is 0. The Hall–Kier alpha value is -2.97. The van der Waals surface area contributed by atoms with Crippen LogP contribution < -0.4 is 0 Å². The molecule has 0 N–H and O–H groups in total. The average molecular weight is 395 g/mol. The second kappa shape index (κ2) is 9.23. The Morgan fingerprint density at radius 1 is 0.867 bits per heavy atom. The molecule has 0 atom stereocenters. The van der Waals surface area contributed by atoms with Crippen molar-refractivity contribution in [3.8, 4) is 11.1 Å². The molecule has 0 fully saturated rings. The van der Waals surface area contributed by atoms with E-state index in [0.717, 1.165) is 31.8 Å². The minimum absolute atomic E-state index is 0.990. The van der Waals surface area contributed by atoms with Gasteiger partial charge in [-0.15, -0.1) is 0 Å². The fourth-order valence-corrected chi connectivity index (χ4v) is 4.33. The van der Waals surface area contributed by atoms with Gasteiger partial charge in [-0.05, 0) is 54.2 Å². The van der Waals surface area contributed by atoms with Crippen molar-refractivity contribution in [3.05, 3.63) is 107 Å². The van der Waals surface area contributed by atoms with Crippen LogP contribution in [-0.4, -0.2) is 23.7 Å². The Kier molecular flexibility index (Phi) is 6.25. The quantitative estimate of drug-likeness (QED) is 0.442. The van der Waals surface area contributed by atoms with E-state index in [4.69, 9.17) is 4.99 Å².